The lowest BCUT2D eigenvalue weighted by Gasteiger charge is -2.29. The molecule has 2 aromatic carbocycles. The van der Waals surface area contributed by atoms with E-state index < -0.39 is 5.97 Å². The van der Waals surface area contributed by atoms with Gasteiger partial charge in [-0.15, -0.1) is 0 Å². The van der Waals surface area contributed by atoms with Crippen LogP contribution in [0.4, 0.5) is 5.69 Å². The molecule has 0 aromatic heterocycles. The first-order valence-corrected chi connectivity index (χ1v) is 11.8. The van der Waals surface area contributed by atoms with E-state index in [4.69, 9.17) is 16.3 Å². The minimum absolute atomic E-state index is 0.118. The van der Waals surface area contributed by atoms with E-state index in [1.807, 2.05) is 0 Å². The number of rotatable bonds is 4. The number of benzene rings is 2. The first-order valence-electron chi connectivity index (χ1n) is 9.54. The number of alkyl halides is 2. The van der Waals surface area contributed by atoms with E-state index in [2.05, 4.69) is 31.9 Å². The van der Waals surface area contributed by atoms with Crippen molar-refractivity contribution in [2.75, 3.05) is 4.90 Å². The van der Waals surface area contributed by atoms with Gasteiger partial charge in [-0.1, -0.05) is 55.6 Å². The second-order valence-corrected chi connectivity index (χ2v) is 10.3. The zero-order valence-electron chi connectivity index (χ0n) is 15.8. The summed E-state index contributed by atoms with van der Waals surface area (Å²) in [5.74, 6) is -0.978. The minimum atomic E-state index is -0.406. The monoisotopic (exact) mass is 553 g/mol. The number of hydrogen-bond acceptors (Lipinski definition) is 4. The fraction of sp³-hybridized carbons (Fsp3) is 0.318. The van der Waals surface area contributed by atoms with Crippen LogP contribution in [-0.4, -0.2) is 27.4 Å². The summed E-state index contributed by atoms with van der Waals surface area (Å²) in [6, 6.07) is 13.4. The maximum absolute atomic E-state index is 12.9. The minimum Gasteiger partial charge on any atom is -0.426 e. The van der Waals surface area contributed by atoms with Crippen LogP contribution in [0.25, 0.3) is 0 Å². The molecule has 4 atom stereocenters. The van der Waals surface area contributed by atoms with Crippen molar-refractivity contribution in [1.29, 1.82) is 0 Å². The number of carbonyl (C=O) groups excluding carboxylic acids is 3. The molecule has 1 aliphatic heterocycles. The zero-order chi connectivity index (χ0) is 21.4. The lowest BCUT2D eigenvalue weighted by Crippen LogP contribution is -2.34. The van der Waals surface area contributed by atoms with Crippen molar-refractivity contribution in [3.05, 3.63) is 59.1 Å². The van der Waals surface area contributed by atoms with Crippen LogP contribution in [0.15, 0.2) is 48.5 Å². The summed E-state index contributed by atoms with van der Waals surface area (Å²) in [4.78, 5) is 39.5. The summed E-state index contributed by atoms with van der Waals surface area (Å²) in [5, 5.41) is 0.604. The van der Waals surface area contributed by atoms with Crippen LogP contribution in [0.1, 0.15) is 18.4 Å². The molecule has 1 saturated carbocycles. The molecule has 1 aliphatic carbocycles. The number of halogens is 3. The molecule has 5 nitrogen and oxygen atoms in total. The Morgan fingerprint density at radius 2 is 1.47 bits per heavy atom. The van der Waals surface area contributed by atoms with Gasteiger partial charge in [0.15, 0.2) is 0 Å². The smallest absolute Gasteiger partial charge is 0.315 e. The second-order valence-electron chi connectivity index (χ2n) is 7.50. The summed E-state index contributed by atoms with van der Waals surface area (Å²) in [7, 11) is 0. The first kappa shape index (κ1) is 21.5. The molecule has 30 heavy (non-hydrogen) atoms. The van der Waals surface area contributed by atoms with E-state index in [0.717, 1.165) is 5.56 Å². The van der Waals surface area contributed by atoms with Gasteiger partial charge in [0.25, 0.3) is 0 Å². The van der Waals surface area contributed by atoms with Crippen LogP contribution in [0.3, 0.4) is 0 Å². The van der Waals surface area contributed by atoms with Crippen LogP contribution in [0.5, 0.6) is 5.75 Å². The zero-order valence-corrected chi connectivity index (χ0v) is 19.7. The number of esters is 1. The number of hydrogen-bond donors (Lipinski definition) is 0. The Kier molecular flexibility index (Phi) is 6.32. The van der Waals surface area contributed by atoms with Gasteiger partial charge in [-0.25, -0.2) is 0 Å². The third-order valence-corrected chi connectivity index (χ3v) is 8.49. The van der Waals surface area contributed by atoms with Gasteiger partial charge >= 0.3 is 5.97 Å². The highest BCUT2D eigenvalue weighted by molar-refractivity contribution is 9.12. The maximum atomic E-state index is 12.9. The Morgan fingerprint density at radius 1 is 0.933 bits per heavy atom. The Bertz CT molecular complexity index is 952. The van der Waals surface area contributed by atoms with Crippen molar-refractivity contribution < 1.29 is 19.1 Å². The van der Waals surface area contributed by atoms with E-state index in [0.29, 0.717) is 29.3 Å². The first-order chi connectivity index (χ1) is 14.3. The van der Waals surface area contributed by atoms with Crippen molar-refractivity contribution in [2.45, 2.75) is 28.9 Å². The Labute approximate surface area is 196 Å². The summed E-state index contributed by atoms with van der Waals surface area (Å²) >= 11 is 13.0. The highest BCUT2D eigenvalue weighted by Crippen LogP contribution is 2.44. The maximum Gasteiger partial charge on any atom is 0.315 e. The van der Waals surface area contributed by atoms with Crippen LogP contribution in [0.2, 0.25) is 5.02 Å². The van der Waals surface area contributed by atoms with Crippen LogP contribution in [-0.2, 0) is 20.8 Å². The predicted octanol–water partition coefficient (Wildman–Crippen LogP) is 4.91. The quantitative estimate of drug-likeness (QED) is 0.233. The molecule has 2 aliphatic rings. The standard InChI is InChI=1S/C22H18Br2ClNO4/c23-18-10-16-17(11-19(18)24)22(29)26(21(16)28)14-5-7-15(8-6-14)30-20(27)9-12-1-3-13(25)4-2-12/h1-8,16-19H,9-11H2. The average Bonchev–Trinajstić information content (AvgIpc) is 2.95. The fourth-order valence-electron chi connectivity index (χ4n) is 3.95. The number of nitrogens with zero attached hydrogens (tertiary/aromatic N) is 1. The molecule has 0 bridgehead atoms. The van der Waals surface area contributed by atoms with E-state index in [1.165, 1.54) is 4.90 Å². The van der Waals surface area contributed by atoms with Gasteiger partial charge in [0.2, 0.25) is 11.8 Å². The summed E-state index contributed by atoms with van der Waals surface area (Å²) in [5.41, 5.74) is 1.29. The molecule has 0 spiro atoms. The Hall–Kier alpha value is -1.70. The highest BCUT2D eigenvalue weighted by atomic mass is 79.9. The van der Waals surface area contributed by atoms with E-state index in [1.54, 1.807) is 48.5 Å². The molecule has 4 unspecified atom stereocenters. The molecule has 2 fully saturated rings. The molecule has 1 heterocycles. The molecule has 0 N–H and O–H groups in total. The van der Waals surface area contributed by atoms with Crippen molar-refractivity contribution in [3.63, 3.8) is 0 Å². The van der Waals surface area contributed by atoms with Gasteiger partial charge in [-0.3, -0.25) is 19.3 Å². The highest BCUT2D eigenvalue weighted by Gasteiger charge is 2.52. The van der Waals surface area contributed by atoms with E-state index in [-0.39, 0.29) is 39.7 Å². The van der Waals surface area contributed by atoms with Crippen molar-refractivity contribution in [1.82, 2.24) is 0 Å². The largest absolute Gasteiger partial charge is 0.426 e. The third kappa shape index (κ3) is 4.34. The van der Waals surface area contributed by atoms with Gasteiger partial charge in [-0.05, 0) is 54.8 Å². The van der Waals surface area contributed by atoms with Gasteiger partial charge < -0.3 is 4.74 Å². The SMILES string of the molecule is O=C(Cc1ccc(Cl)cc1)Oc1ccc(N2C(=O)C3CC(Br)C(Br)CC3C2=O)cc1. The number of carbonyl (C=O) groups is 3. The second kappa shape index (κ2) is 8.81. The molecule has 2 amide bonds. The molecule has 1 saturated heterocycles. The fourth-order valence-corrected chi connectivity index (χ4v) is 5.31. The van der Waals surface area contributed by atoms with Crippen molar-refractivity contribution >= 4 is 66.9 Å². The number of ether oxygens (including phenoxy) is 1. The number of amides is 2. The van der Waals surface area contributed by atoms with Crippen LogP contribution < -0.4 is 9.64 Å². The summed E-state index contributed by atoms with van der Waals surface area (Å²) in [6.07, 6.45) is 1.37. The van der Waals surface area contributed by atoms with Gasteiger partial charge in [0, 0.05) is 14.7 Å². The summed E-state index contributed by atoms with van der Waals surface area (Å²) in [6.45, 7) is 0. The molecule has 0 radical (unpaired) electrons. The molecular formula is C22H18Br2ClNO4. The topological polar surface area (TPSA) is 63.7 Å². The van der Waals surface area contributed by atoms with E-state index in [9.17, 15) is 14.4 Å². The lowest BCUT2D eigenvalue weighted by atomic mass is 9.81. The van der Waals surface area contributed by atoms with Gasteiger partial charge in [0.1, 0.15) is 5.75 Å². The van der Waals surface area contributed by atoms with Crippen molar-refractivity contribution in [2.24, 2.45) is 11.8 Å². The average molecular weight is 556 g/mol. The number of fused-ring (bicyclic) bond motifs is 1. The van der Waals surface area contributed by atoms with Crippen molar-refractivity contribution in [3.8, 4) is 5.75 Å². The molecule has 2 aromatic rings. The number of imide groups is 1. The molecule has 8 heteroatoms. The normalized spacial score (nSPS) is 25.9. The Balaban J connectivity index is 1.43. The van der Waals surface area contributed by atoms with Gasteiger partial charge in [-0.2, -0.15) is 0 Å². The Morgan fingerprint density at radius 3 is 2.00 bits per heavy atom. The summed E-state index contributed by atoms with van der Waals surface area (Å²) < 4.78 is 5.37. The van der Waals surface area contributed by atoms with Gasteiger partial charge in [0.05, 0.1) is 23.9 Å². The van der Waals surface area contributed by atoms with Crippen LogP contribution >= 0.6 is 43.5 Å². The third-order valence-electron chi connectivity index (χ3n) is 5.50. The molecular weight excluding hydrogens is 538 g/mol. The number of anilines is 1. The lowest BCUT2D eigenvalue weighted by molar-refractivity contribution is -0.133. The molecule has 4 rings (SSSR count). The molecule has 156 valence electrons. The van der Waals surface area contributed by atoms with E-state index >= 15 is 0 Å². The van der Waals surface area contributed by atoms with Crippen LogP contribution in [0, 0.1) is 11.8 Å². The predicted molar refractivity (Wildman–Crippen MR) is 121 cm³/mol.